The Morgan fingerprint density at radius 1 is 0.884 bits per heavy atom. The number of pyridine rings is 1. The van der Waals surface area contributed by atoms with Crippen LogP contribution in [0.15, 0.2) is 160 Å². The Morgan fingerprint density at radius 2 is 1.52 bits per heavy atom. The van der Waals surface area contributed by atoms with Gasteiger partial charge in [0.15, 0.2) is 10.8 Å². The molecule has 18 heteroatoms. The van der Waals surface area contributed by atoms with Gasteiger partial charge < -0.3 is 30.1 Å². The number of thiazole rings is 1. The van der Waals surface area contributed by atoms with Crippen LogP contribution in [0.1, 0.15) is 55.1 Å². The quantitative estimate of drug-likeness (QED) is 0.0196. The standard InChI is InChI=1S/C51H49N7O8S3/c1-50(2,3)65-49(62)54-37-22-25-40(53-28-37)67-27-26-33-30-68-46-42(45(60)58(46)43(33)47(61)64-29-32-20-23-38(63-4)24-21-32)56-44(59)41(39-31-69-48(52)55-39)57-66-51(34-14-8-5-9-15-34,35-16-10-6-11-17-35)36-18-12-7-13-19-36/h5-25,28,31,42,46H,26-27,29-30H2,1-4H3,(H2,52,55)(H,54,62)(H,56,59)/b57-41-/t42-,46-/m1/s1. The molecule has 1 saturated heterocycles. The van der Waals surface area contributed by atoms with E-state index in [-0.39, 0.29) is 28.8 Å². The Bertz CT molecular complexity index is 2740. The zero-order valence-electron chi connectivity index (χ0n) is 38.1. The molecule has 6 aromatic rings. The van der Waals surface area contributed by atoms with Gasteiger partial charge in [0.2, 0.25) is 5.60 Å². The highest BCUT2D eigenvalue weighted by molar-refractivity contribution is 8.00. The lowest BCUT2D eigenvalue weighted by Crippen LogP contribution is -2.71. The number of methoxy groups -OCH3 is 1. The van der Waals surface area contributed by atoms with E-state index in [1.165, 1.54) is 28.4 Å². The van der Waals surface area contributed by atoms with Crippen molar-refractivity contribution in [2.45, 2.75) is 61.4 Å². The summed E-state index contributed by atoms with van der Waals surface area (Å²) in [6.07, 6.45) is 1.38. The lowest BCUT2D eigenvalue weighted by Gasteiger charge is -2.49. The Morgan fingerprint density at radius 3 is 2.07 bits per heavy atom. The van der Waals surface area contributed by atoms with Gasteiger partial charge in [-0.3, -0.25) is 19.8 Å². The Kier molecular flexibility index (Phi) is 15.0. The third-order valence-electron chi connectivity index (χ3n) is 10.9. The molecule has 1 fully saturated rings. The monoisotopic (exact) mass is 983 g/mol. The SMILES string of the molecule is COc1ccc(COC(=O)C2=C(CCSc3ccc(NC(=O)OC(C)(C)C)cn3)CS[C@@H]3[C@H](NC(=O)/C(=N\OC(c4ccccc4)(c4ccccc4)c4ccccc4)c4csc(N)n4)C(=O)N23)cc1. The van der Waals surface area contributed by atoms with Gasteiger partial charge in [-0.25, -0.2) is 19.6 Å². The maximum absolute atomic E-state index is 14.6. The van der Waals surface area contributed by atoms with Crippen molar-refractivity contribution in [1.29, 1.82) is 0 Å². The topological polar surface area (TPSA) is 197 Å². The number of benzene rings is 4. The van der Waals surface area contributed by atoms with Crippen LogP contribution in [0.5, 0.6) is 5.75 Å². The van der Waals surface area contributed by atoms with Crippen molar-refractivity contribution in [2.24, 2.45) is 5.16 Å². The van der Waals surface area contributed by atoms with Crippen LogP contribution in [0.25, 0.3) is 0 Å². The summed E-state index contributed by atoms with van der Waals surface area (Å²) in [7, 11) is 1.57. The van der Waals surface area contributed by atoms with E-state index >= 15 is 0 Å². The summed E-state index contributed by atoms with van der Waals surface area (Å²) < 4.78 is 16.5. The average molecular weight is 984 g/mol. The number of esters is 1. The summed E-state index contributed by atoms with van der Waals surface area (Å²) in [5, 5.41) is 12.0. The first-order valence-corrected chi connectivity index (χ1v) is 24.7. The van der Waals surface area contributed by atoms with Crippen molar-refractivity contribution >= 4 is 75.3 Å². The van der Waals surface area contributed by atoms with Crippen LogP contribution >= 0.6 is 34.9 Å². The van der Waals surface area contributed by atoms with Crippen molar-refractivity contribution in [3.05, 3.63) is 178 Å². The van der Waals surface area contributed by atoms with Gasteiger partial charge in [0, 0.05) is 33.6 Å². The molecule has 4 N–H and O–H groups in total. The molecule has 4 aromatic carbocycles. The maximum Gasteiger partial charge on any atom is 0.412 e. The minimum Gasteiger partial charge on any atom is -0.497 e. The van der Waals surface area contributed by atoms with Crippen LogP contribution in [-0.2, 0) is 40.9 Å². The predicted octanol–water partition coefficient (Wildman–Crippen LogP) is 8.77. The average Bonchev–Trinajstić information content (AvgIpc) is 3.79. The molecular formula is C51H49N7O8S3. The Hall–Kier alpha value is -7.15. The van der Waals surface area contributed by atoms with Gasteiger partial charge >= 0.3 is 12.1 Å². The molecule has 4 heterocycles. The lowest BCUT2D eigenvalue weighted by atomic mass is 9.80. The summed E-state index contributed by atoms with van der Waals surface area (Å²) in [6, 6.07) is 38.3. The number of nitrogen functional groups attached to an aromatic ring is 1. The first-order chi connectivity index (χ1) is 33.3. The Balaban J connectivity index is 1.04. The number of hydrogen-bond donors (Lipinski definition) is 3. The molecular weight excluding hydrogens is 935 g/mol. The summed E-state index contributed by atoms with van der Waals surface area (Å²) in [5.41, 5.74) is 8.39. The maximum atomic E-state index is 14.6. The van der Waals surface area contributed by atoms with Gasteiger partial charge in [0.05, 0.1) is 24.0 Å². The van der Waals surface area contributed by atoms with Crippen LogP contribution in [0.2, 0.25) is 0 Å². The number of nitrogens with two attached hydrogens (primary N) is 1. The highest BCUT2D eigenvalue weighted by Gasteiger charge is 2.55. The van der Waals surface area contributed by atoms with Crippen molar-refractivity contribution in [3.8, 4) is 5.75 Å². The van der Waals surface area contributed by atoms with E-state index in [4.69, 9.17) is 24.8 Å². The fraction of sp³-hybridized carbons (Fsp3) is 0.235. The number of carbonyl (C=O) groups is 4. The molecule has 0 radical (unpaired) electrons. The van der Waals surface area contributed by atoms with Crippen LogP contribution in [-0.4, -0.2) is 80.1 Å². The number of β-lactam (4-membered cyclic amide) rings is 1. The number of anilines is 2. The van der Waals surface area contributed by atoms with Crippen molar-refractivity contribution in [2.75, 3.05) is 29.7 Å². The number of nitrogens with one attached hydrogen (secondary N) is 2. The largest absolute Gasteiger partial charge is 0.497 e. The molecule has 8 rings (SSSR count). The van der Waals surface area contributed by atoms with Crippen molar-refractivity contribution < 1.29 is 38.2 Å². The third kappa shape index (κ3) is 11.3. The predicted molar refractivity (Wildman–Crippen MR) is 268 cm³/mol. The number of nitrogens with zero attached hydrogens (tertiary/aromatic N) is 4. The highest BCUT2D eigenvalue weighted by Crippen LogP contribution is 2.43. The van der Waals surface area contributed by atoms with Gasteiger partial charge in [0.1, 0.15) is 40.8 Å². The van der Waals surface area contributed by atoms with E-state index in [1.807, 2.05) is 91.0 Å². The number of carbonyl (C=O) groups excluding carboxylic acids is 4. The second kappa shape index (κ2) is 21.4. The molecule has 69 heavy (non-hydrogen) atoms. The van der Waals surface area contributed by atoms with Gasteiger partial charge in [0.25, 0.3) is 11.8 Å². The third-order valence-corrected chi connectivity index (χ3v) is 13.8. The molecule has 0 spiro atoms. The van der Waals surface area contributed by atoms with Crippen LogP contribution in [0.3, 0.4) is 0 Å². The molecule has 0 unspecified atom stereocenters. The first kappa shape index (κ1) is 48.3. The molecule has 3 amide bonds. The molecule has 0 saturated carbocycles. The summed E-state index contributed by atoms with van der Waals surface area (Å²) in [6.45, 7) is 5.30. The van der Waals surface area contributed by atoms with Gasteiger partial charge in [-0.1, -0.05) is 108 Å². The van der Waals surface area contributed by atoms with Crippen molar-refractivity contribution in [1.82, 2.24) is 20.2 Å². The number of ether oxygens (including phenoxy) is 3. The zero-order chi connectivity index (χ0) is 48.5. The number of fused-ring (bicyclic) bond motifs is 1. The highest BCUT2D eigenvalue weighted by atomic mass is 32.2. The zero-order valence-corrected chi connectivity index (χ0v) is 40.6. The van der Waals surface area contributed by atoms with E-state index in [0.29, 0.717) is 40.0 Å². The molecule has 354 valence electrons. The number of rotatable bonds is 17. The number of amides is 3. The second-order valence-corrected chi connectivity index (χ2v) is 19.8. The van der Waals surface area contributed by atoms with E-state index in [1.54, 1.807) is 75.9 Å². The second-order valence-electron chi connectivity index (χ2n) is 16.7. The molecule has 2 aliphatic rings. The van der Waals surface area contributed by atoms with Crippen LogP contribution in [0.4, 0.5) is 15.6 Å². The van der Waals surface area contributed by atoms with Gasteiger partial charge in [-0.05, 0) is 62.6 Å². The minimum absolute atomic E-state index is 0.0466. The molecule has 2 aromatic heterocycles. The van der Waals surface area contributed by atoms with E-state index < -0.39 is 46.5 Å². The fourth-order valence-electron chi connectivity index (χ4n) is 7.64. The molecule has 15 nitrogen and oxygen atoms in total. The van der Waals surface area contributed by atoms with E-state index in [0.717, 1.165) is 33.6 Å². The summed E-state index contributed by atoms with van der Waals surface area (Å²) in [4.78, 5) is 72.3. The number of oxime groups is 1. The molecule has 0 bridgehead atoms. The fourth-order valence-corrected chi connectivity index (χ4v) is 10.4. The number of thioether (sulfide) groups is 2. The van der Waals surface area contributed by atoms with Crippen LogP contribution in [0, 0.1) is 0 Å². The van der Waals surface area contributed by atoms with Crippen molar-refractivity contribution in [3.63, 3.8) is 0 Å². The molecule has 0 aliphatic carbocycles. The van der Waals surface area contributed by atoms with Gasteiger partial charge in [-0.15, -0.1) is 34.9 Å². The lowest BCUT2D eigenvalue weighted by molar-refractivity contribution is -0.153. The molecule has 2 atom stereocenters. The Labute approximate surface area is 411 Å². The van der Waals surface area contributed by atoms with E-state index in [2.05, 4.69) is 25.8 Å². The van der Waals surface area contributed by atoms with Crippen LogP contribution < -0.4 is 21.1 Å². The summed E-state index contributed by atoms with van der Waals surface area (Å²) >= 11 is 4.00. The number of hydrogen-bond acceptors (Lipinski definition) is 15. The van der Waals surface area contributed by atoms with Gasteiger partial charge in [-0.2, -0.15) is 0 Å². The normalized spacial score (nSPS) is 15.9. The summed E-state index contributed by atoms with van der Waals surface area (Å²) in [5.74, 6) is -0.350. The minimum atomic E-state index is -1.32. The van der Waals surface area contributed by atoms with E-state index in [9.17, 15) is 19.2 Å². The first-order valence-electron chi connectivity index (χ1n) is 21.8. The smallest absolute Gasteiger partial charge is 0.412 e. The number of aromatic nitrogens is 2. The molecule has 2 aliphatic heterocycles.